The van der Waals surface area contributed by atoms with E-state index in [0.29, 0.717) is 22.3 Å². The molecule has 0 fully saturated rings. The molecule has 7 heteroatoms. The fourth-order valence-corrected chi connectivity index (χ4v) is 2.68. The van der Waals surface area contributed by atoms with Crippen molar-refractivity contribution < 1.29 is 14.1 Å². The van der Waals surface area contributed by atoms with Crippen molar-refractivity contribution in [2.45, 2.75) is 19.9 Å². The van der Waals surface area contributed by atoms with Crippen LogP contribution in [0.15, 0.2) is 53.1 Å². The number of nitrogens with zero attached hydrogens (tertiary/aromatic N) is 2. The molecule has 0 unspecified atom stereocenters. The van der Waals surface area contributed by atoms with E-state index in [9.17, 15) is 4.79 Å². The van der Waals surface area contributed by atoms with Crippen LogP contribution in [0.3, 0.4) is 0 Å². The second-order valence-corrected chi connectivity index (χ2v) is 6.82. The normalized spacial score (nSPS) is 12.0. The van der Waals surface area contributed by atoms with Crippen molar-refractivity contribution in [3.8, 4) is 17.1 Å². The molecule has 140 valence electrons. The van der Waals surface area contributed by atoms with E-state index in [1.54, 1.807) is 31.4 Å². The van der Waals surface area contributed by atoms with Gasteiger partial charge in [0.1, 0.15) is 11.8 Å². The van der Waals surface area contributed by atoms with Gasteiger partial charge in [-0.05, 0) is 54.4 Å². The number of methoxy groups -OCH3 is 1. The molecule has 0 aliphatic heterocycles. The van der Waals surface area contributed by atoms with Gasteiger partial charge >= 0.3 is 0 Å². The van der Waals surface area contributed by atoms with Crippen molar-refractivity contribution in [2.75, 3.05) is 7.11 Å². The summed E-state index contributed by atoms with van der Waals surface area (Å²) < 4.78 is 10.6. The van der Waals surface area contributed by atoms with E-state index in [2.05, 4.69) is 15.5 Å². The number of nitrogens with one attached hydrogen (secondary N) is 1. The van der Waals surface area contributed by atoms with E-state index >= 15 is 0 Å². The Kier molecular flexibility index (Phi) is 5.76. The molecule has 1 N–H and O–H groups in total. The number of amides is 1. The molecule has 3 aromatic rings. The van der Waals surface area contributed by atoms with Gasteiger partial charge < -0.3 is 14.6 Å². The van der Waals surface area contributed by atoms with Crippen LogP contribution in [-0.4, -0.2) is 23.2 Å². The van der Waals surface area contributed by atoms with Crippen LogP contribution in [0.1, 0.15) is 36.1 Å². The lowest BCUT2D eigenvalue weighted by atomic mass is 10.0. The molecule has 0 saturated heterocycles. The van der Waals surface area contributed by atoms with E-state index in [-0.39, 0.29) is 11.8 Å². The molecule has 0 spiro atoms. The van der Waals surface area contributed by atoms with Crippen LogP contribution in [0.4, 0.5) is 0 Å². The van der Waals surface area contributed by atoms with Crippen LogP contribution in [0.25, 0.3) is 11.4 Å². The number of carbonyl (C=O) groups is 1. The number of aromatic nitrogens is 2. The maximum atomic E-state index is 12.5. The van der Waals surface area contributed by atoms with Crippen molar-refractivity contribution in [1.29, 1.82) is 0 Å². The first-order valence-electron chi connectivity index (χ1n) is 8.52. The minimum Gasteiger partial charge on any atom is -0.497 e. The molecule has 2 aromatic carbocycles. The summed E-state index contributed by atoms with van der Waals surface area (Å²) in [5.41, 5.74) is 1.32. The largest absolute Gasteiger partial charge is 0.497 e. The fourth-order valence-electron chi connectivity index (χ4n) is 2.56. The number of carbonyl (C=O) groups excluding carboxylic acids is 1. The monoisotopic (exact) mass is 385 g/mol. The molecule has 1 atom stereocenters. The Bertz CT molecular complexity index is 905. The number of rotatable bonds is 6. The van der Waals surface area contributed by atoms with Crippen molar-refractivity contribution in [3.63, 3.8) is 0 Å². The quantitative estimate of drug-likeness (QED) is 0.674. The van der Waals surface area contributed by atoms with Crippen LogP contribution in [-0.2, 0) is 0 Å². The average molecular weight is 386 g/mol. The third-order valence-electron chi connectivity index (χ3n) is 4.12. The van der Waals surface area contributed by atoms with Crippen LogP contribution in [0, 0.1) is 5.92 Å². The Hall–Kier alpha value is -2.86. The van der Waals surface area contributed by atoms with E-state index in [0.717, 1.165) is 11.3 Å². The van der Waals surface area contributed by atoms with Gasteiger partial charge in [-0.3, -0.25) is 4.79 Å². The van der Waals surface area contributed by atoms with Gasteiger partial charge in [-0.15, -0.1) is 0 Å². The average Bonchev–Trinajstić information content (AvgIpc) is 3.16. The Morgan fingerprint density at radius 2 is 1.78 bits per heavy atom. The van der Waals surface area contributed by atoms with Crippen molar-refractivity contribution in [3.05, 3.63) is 65.0 Å². The minimum atomic E-state index is -0.410. The first-order chi connectivity index (χ1) is 13.0. The molecule has 3 rings (SSSR count). The minimum absolute atomic E-state index is 0.0606. The second kappa shape index (κ2) is 8.22. The first-order valence-corrected chi connectivity index (χ1v) is 8.90. The lowest BCUT2D eigenvalue weighted by molar-refractivity contribution is 0.0914. The number of halogens is 1. The number of hydrogen-bond acceptors (Lipinski definition) is 5. The summed E-state index contributed by atoms with van der Waals surface area (Å²) in [6.45, 7) is 3.95. The second-order valence-electron chi connectivity index (χ2n) is 6.39. The molecule has 1 amide bonds. The first kappa shape index (κ1) is 18.9. The molecule has 27 heavy (non-hydrogen) atoms. The summed E-state index contributed by atoms with van der Waals surface area (Å²) in [6.07, 6.45) is 0. The van der Waals surface area contributed by atoms with Crippen LogP contribution >= 0.6 is 11.6 Å². The van der Waals surface area contributed by atoms with Crippen molar-refractivity contribution >= 4 is 17.5 Å². The molecule has 0 aliphatic carbocycles. The van der Waals surface area contributed by atoms with E-state index in [1.165, 1.54) is 0 Å². The Morgan fingerprint density at radius 3 is 2.37 bits per heavy atom. The summed E-state index contributed by atoms with van der Waals surface area (Å²) in [5, 5.41) is 7.57. The van der Waals surface area contributed by atoms with E-state index in [4.69, 9.17) is 20.9 Å². The van der Waals surface area contributed by atoms with Gasteiger partial charge in [-0.1, -0.05) is 30.6 Å². The lowest BCUT2D eigenvalue weighted by Gasteiger charge is -2.18. The summed E-state index contributed by atoms with van der Waals surface area (Å²) in [5.74, 6) is 1.40. The highest BCUT2D eigenvalue weighted by Crippen LogP contribution is 2.25. The zero-order valence-electron chi connectivity index (χ0n) is 15.3. The molecular formula is C20H20ClN3O3. The zero-order chi connectivity index (χ0) is 19.4. The maximum absolute atomic E-state index is 12.5. The van der Waals surface area contributed by atoms with Gasteiger partial charge in [0.25, 0.3) is 5.91 Å². The predicted molar refractivity (Wildman–Crippen MR) is 103 cm³/mol. The number of ether oxygens (including phenoxy) is 1. The predicted octanol–water partition coefficient (Wildman–Crippen LogP) is 4.53. The number of benzene rings is 2. The highest BCUT2D eigenvalue weighted by atomic mass is 35.5. The third-order valence-corrected chi connectivity index (χ3v) is 4.37. The zero-order valence-corrected chi connectivity index (χ0v) is 16.0. The third kappa shape index (κ3) is 4.46. The molecule has 0 bridgehead atoms. The molecule has 1 heterocycles. The highest BCUT2D eigenvalue weighted by Gasteiger charge is 2.25. The van der Waals surface area contributed by atoms with Crippen molar-refractivity contribution in [2.24, 2.45) is 5.92 Å². The molecule has 0 radical (unpaired) electrons. The van der Waals surface area contributed by atoms with E-state index in [1.807, 2.05) is 38.1 Å². The van der Waals surface area contributed by atoms with Gasteiger partial charge in [0.2, 0.25) is 11.7 Å². The summed E-state index contributed by atoms with van der Waals surface area (Å²) in [7, 11) is 1.61. The van der Waals surface area contributed by atoms with Gasteiger partial charge in [0.05, 0.1) is 7.11 Å². The van der Waals surface area contributed by atoms with Gasteiger partial charge in [0, 0.05) is 16.1 Å². The van der Waals surface area contributed by atoms with Crippen LogP contribution < -0.4 is 10.1 Å². The van der Waals surface area contributed by atoms with Gasteiger partial charge in [-0.2, -0.15) is 4.98 Å². The Balaban J connectivity index is 1.79. The molecular weight excluding hydrogens is 366 g/mol. The molecule has 0 saturated carbocycles. The van der Waals surface area contributed by atoms with E-state index < -0.39 is 6.04 Å². The molecule has 6 nitrogen and oxygen atoms in total. The maximum Gasteiger partial charge on any atom is 0.251 e. The molecule has 0 aliphatic rings. The summed E-state index contributed by atoms with van der Waals surface area (Å²) >= 11 is 5.88. The smallest absolute Gasteiger partial charge is 0.251 e. The van der Waals surface area contributed by atoms with Gasteiger partial charge in [0.15, 0.2) is 0 Å². The fraction of sp³-hybridized carbons (Fsp3) is 0.250. The SMILES string of the molecule is COc1ccc(-c2noc([C@@H](NC(=O)c3ccc(Cl)cc3)C(C)C)n2)cc1. The standard InChI is InChI=1S/C20H20ClN3O3/c1-12(2)17(22-19(25)14-4-8-15(21)9-5-14)20-23-18(24-27-20)13-6-10-16(26-3)11-7-13/h4-12,17H,1-3H3,(H,22,25)/t17-/m0/s1. The Morgan fingerprint density at radius 1 is 1.11 bits per heavy atom. The van der Waals surface area contributed by atoms with Crippen molar-refractivity contribution in [1.82, 2.24) is 15.5 Å². The molecule has 1 aromatic heterocycles. The highest BCUT2D eigenvalue weighted by molar-refractivity contribution is 6.30. The van der Waals surface area contributed by atoms with Crippen LogP contribution in [0.5, 0.6) is 5.75 Å². The topological polar surface area (TPSA) is 77.3 Å². The number of hydrogen-bond donors (Lipinski definition) is 1. The lowest BCUT2D eigenvalue weighted by Crippen LogP contribution is -2.32. The van der Waals surface area contributed by atoms with Gasteiger partial charge in [-0.25, -0.2) is 0 Å². The summed E-state index contributed by atoms with van der Waals surface area (Å²) in [6, 6.07) is 13.6. The van der Waals surface area contributed by atoms with Crippen LogP contribution in [0.2, 0.25) is 5.02 Å². The summed E-state index contributed by atoms with van der Waals surface area (Å²) in [4.78, 5) is 17.0. The Labute approximate surface area is 162 Å².